The van der Waals surface area contributed by atoms with E-state index < -0.39 is 17.6 Å². The van der Waals surface area contributed by atoms with Crippen molar-refractivity contribution in [1.29, 1.82) is 0 Å². The molecule has 10 heteroatoms. The van der Waals surface area contributed by atoms with Crippen molar-refractivity contribution in [2.75, 3.05) is 42.3 Å². The largest absolute Gasteiger partial charge is 0.370 e. The van der Waals surface area contributed by atoms with E-state index in [0.717, 1.165) is 32.5 Å². The number of alkyl halides is 1. The molecule has 2 atom stereocenters. The minimum atomic E-state index is -0.839. The van der Waals surface area contributed by atoms with Crippen molar-refractivity contribution in [2.24, 2.45) is 5.92 Å². The van der Waals surface area contributed by atoms with Crippen LogP contribution in [-0.2, 0) is 0 Å². The van der Waals surface area contributed by atoms with Crippen LogP contribution in [0, 0.1) is 23.5 Å². The van der Waals surface area contributed by atoms with Gasteiger partial charge in [-0.25, -0.2) is 13.8 Å². The molecule has 1 N–H and O–H groups in total. The van der Waals surface area contributed by atoms with Crippen molar-refractivity contribution in [3.63, 3.8) is 0 Å². The van der Waals surface area contributed by atoms with Crippen LogP contribution in [0.4, 0.5) is 24.7 Å². The van der Waals surface area contributed by atoms with E-state index in [0.29, 0.717) is 36.6 Å². The number of halogens is 5. The Labute approximate surface area is 187 Å². The van der Waals surface area contributed by atoms with Gasteiger partial charge in [0.15, 0.2) is 5.82 Å². The Hall–Kier alpha value is -1.35. The first kappa shape index (κ1) is 21.9. The predicted molar refractivity (Wildman–Crippen MR) is 116 cm³/mol. The lowest BCUT2D eigenvalue weighted by atomic mass is 10.1. The van der Waals surface area contributed by atoms with Gasteiger partial charge >= 0.3 is 0 Å². The third-order valence-corrected chi connectivity index (χ3v) is 7.03. The van der Waals surface area contributed by atoms with Gasteiger partial charge in [-0.2, -0.15) is 4.39 Å². The Bertz CT molecular complexity index is 920. The van der Waals surface area contributed by atoms with Crippen LogP contribution in [0.1, 0.15) is 12.8 Å². The van der Waals surface area contributed by atoms with Crippen LogP contribution in [0.5, 0.6) is 0 Å². The molecule has 1 unspecified atom stereocenters. The molecule has 2 saturated heterocycles. The molecule has 2 aliphatic rings. The highest BCUT2D eigenvalue weighted by molar-refractivity contribution is 8.00. The van der Waals surface area contributed by atoms with Gasteiger partial charge in [-0.05, 0) is 49.4 Å². The van der Waals surface area contributed by atoms with E-state index in [9.17, 15) is 13.2 Å². The Morgan fingerprint density at radius 1 is 1.17 bits per heavy atom. The Morgan fingerprint density at radius 2 is 2.00 bits per heavy atom. The molecule has 0 radical (unpaired) electrons. The van der Waals surface area contributed by atoms with E-state index >= 15 is 0 Å². The molecular formula is C20H21Cl2F3N4S. The number of benzene rings is 1. The molecule has 0 spiro atoms. The van der Waals surface area contributed by atoms with Gasteiger partial charge in [-0.1, -0.05) is 17.7 Å². The van der Waals surface area contributed by atoms with Gasteiger partial charge in [0.2, 0.25) is 5.95 Å². The number of hydrogen-bond acceptors (Lipinski definition) is 5. The molecule has 0 saturated carbocycles. The number of pyridine rings is 1. The van der Waals surface area contributed by atoms with Gasteiger partial charge in [0.25, 0.3) is 0 Å². The average Bonchev–Trinajstić information content (AvgIpc) is 3.34. The first-order valence-corrected chi connectivity index (χ1v) is 11.4. The summed E-state index contributed by atoms with van der Waals surface area (Å²) in [6, 6.07) is 5.40. The average molecular weight is 477 g/mol. The van der Waals surface area contributed by atoms with Crippen LogP contribution >= 0.6 is 35.1 Å². The van der Waals surface area contributed by atoms with Gasteiger partial charge < -0.3 is 14.5 Å². The van der Waals surface area contributed by atoms with Crippen LogP contribution in [0.15, 0.2) is 29.2 Å². The third-order valence-electron chi connectivity index (χ3n) is 5.43. The topological polar surface area (TPSA) is 31.4 Å². The number of nitrogens with one attached hydrogen (secondary N) is 1. The van der Waals surface area contributed by atoms with E-state index in [1.807, 2.05) is 4.90 Å². The number of likely N-dealkylation sites (tertiary alicyclic amines) is 1. The van der Waals surface area contributed by atoms with Crippen molar-refractivity contribution >= 4 is 46.7 Å². The second-order valence-electron chi connectivity index (χ2n) is 7.63. The molecule has 4 rings (SSSR count). The maximum atomic E-state index is 14.8. The quantitative estimate of drug-likeness (QED) is 0.260. The molecule has 2 fully saturated rings. The normalized spacial score (nSPS) is 22.1. The summed E-state index contributed by atoms with van der Waals surface area (Å²) >= 11 is 13.1. The molecule has 0 amide bonds. The summed E-state index contributed by atoms with van der Waals surface area (Å²) in [7, 11) is 0. The molecule has 162 valence electrons. The third kappa shape index (κ3) is 4.93. The van der Waals surface area contributed by atoms with Crippen LogP contribution in [0.2, 0.25) is 5.02 Å². The summed E-state index contributed by atoms with van der Waals surface area (Å²) in [5.41, 5.74) is 0.360. The second kappa shape index (κ2) is 9.42. The lowest BCUT2D eigenvalue weighted by Crippen LogP contribution is -2.30. The fourth-order valence-electron chi connectivity index (χ4n) is 3.97. The lowest BCUT2D eigenvalue weighted by molar-refractivity contribution is 0.289. The monoisotopic (exact) mass is 476 g/mol. The smallest absolute Gasteiger partial charge is 0.214 e. The molecule has 2 aromatic rings. The van der Waals surface area contributed by atoms with Gasteiger partial charge in [0.05, 0.1) is 5.69 Å². The van der Waals surface area contributed by atoms with Gasteiger partial charge in [0.1, 0.15) is 21.6 Å². The zero-order valence-corrected chi connectivity index (χ0v) is 18.4. The summed E-state index contributed by atoms with van der Waals surface area (Å²) in [4.78, 5) is 7.61. The maximum absolute atomic E-state index is 14.8. The van der Waals surface area contributed by atoms with E-state index in [1.54, 1.807) is 0 Å². The maximum Gasteiger partial charge on any atom is 0.214 e. The van der Waals surface area contributed by atoms with Gasteiger partial charge in [-0.3, -0.25) is 0 Å². The molecule has 2 aliphatic heterocycles. The van der Waals surface area contributed by atoms with Gasteiger partial charge in [0, 0.05) is 37.6 Å². The van der Waals surface area contributed by atoms with Crippen LogP contribution in [-0.4, -0.2) is 48.0 Å². The highest BCUT2D eigenvalue weighted by atomic mass is 35.5. The first-order valence-electron chi connectivity index (χ1n) is 9.75. The Kier molecular flexibility index (Phi) is 6.87. The predicted octanol–water partition coefficient (Wildman–Crippen LogP) is 5.41. The van der Waals surface area contributed by atoms with Crippen LogP contribution in [0.3, 0.4) is 0 Å². The van der Waals surface area contributed by atoms with Crippen LogP contribution < -0.4 is 9.62 Å². The molecule has 1 aromatic heterocycles. The van der Waals surface area contributed by atoms with E-state index in [2.05, 4.69) is 14.6 Å². The standard InChI is InChI=1S/C20H21Cl2F3N4S/c21-13-5-6-28(11-13)9-12-4-7-29(10-12)15-8-14(23)20(19(25)18(15)22)30-27-17-3-1-2-16(24)26-17/h1-3,8,12-13H,4-7,9-11H2,(H,26,27)/t12-,13?/m0/s1. The molecule has 3 heterocycles. The summed E-state index contributed by atoms with van der Waals surface area (Å²) < 4.78 is 45.4. The number of rotatable bonds is 6. The molecular weight excluding hydrogens is 456 g/mol. The van der Waals surface area contributed by atoms with Crippen molar-refractivity contribution < 1.29 is 13.2 Å². The molecule has 30 heavy (non-hydrogen) atoms. The van der Waals surface area contributed by atoms with E-state index in [4.69, 9.17) is 23.2 Å². The summed E-state index contributed by atoms with van der Waals surface area (Å²) in [6.07, 6.45) is 1.94. The highest BCUT2D eigenvalue weighted by Gasteiger charge is 2.30. The molecule has 1 aromatic carbocycles. The zero-order valence-electron chi connectivity index (χ0n) is 16.1. The van der Waals surface area contributed by atoms with Gasteiger partial charge in [-0.15, -0.1) is 11.6 Å². The van der Waals surface area contributed by atoms with Crippen molar-refractivity contribution in [3.05, 3.63) is 46.9 Å². The van der Waals surface area contributed by atoms with Crippen LogP contribution in [0.25, 0.3) is 0 Å². The summed E-state index contributed by atoms with van der Waals surface area (Å²) in [6.45, 7) is 4.20. The zero-order chi connectivity index (χ0) is 21.3. The first-order chi connectivity index (χ1) is 14.4. The SMILES string of the molecule is Fc1cccc(NSc2c(F)cc(N3CC[C@@H](CN4CCC(Cl)C4)C3)c(Cl)c2F)n1. The fraction of sp³-hybridized carbons (Fsp3) is 0.450. The second-order valence-corrected chi connectivity index (χ2v) is 9.44. The number of aromatic nitrogens is 1. The number of anilines is 2. The minimum Gasteiger partial charge on any atom is -0.370 e. The minimum absolute atomic E-state index is 0.115. The fourth-order valence-corrected chi connectivity index (χ4v) is 5.26. The lowest BCUT2D eigenvalue weighted by Gasteiger charge is -2.23. The molecule has 4 nitrogen and oxygen atoms in total. The highest BCUT2D eigenvalue weighted by Crippen LogP contribution is 2.39. The molecule has 0 aliphatic carbocycles. The molecule has 0 bridgehead atoms. The summed E-state index contributed by atoms with van der Waals surface area (Å²) in [5, 5.41) is 0.0944. The number of hydrogen-bond donors (Lipinski definition) is 1. The summed E-state index contributed by atoms with van der Waals surface area (Å²) in [5.74, 6) is -1.69. The van der Waals surface area contributed by atoms with Crippen molar-refractivity contribution in [1.82, 2.24) is 9.88 Å². The van der Waals surface area contributed by atoms with E-state index in [1.165, 1.54) is 24.3 Å². The van der Waals surface area contributed by atoms with E-state index in [-0.39, 0.29) is 21.1 Å². The number of nitrogens with zero attached hydrogens (tertiary/aromatic N) is 3. The van der Waals surface area contributed by atoms with Crippen molar-refractivity contribution in [3.8, 4) is 0 Å². The van der Waals surface area contributed by atoms with Crippen molar-refractivity contribution in [2.45, 2.75) is 23.1 Å². The Balaban J connectivity index is 1.43. The Morgan fingerprint density at radius 3 is 2.73 bits per heavy atom.